The van der Waals surface area contributed by atoms with Crippen molar-refractivity contribution in [2.24, 2.45) is 7.05 Å². The third-order valence-electron chi connectivity index (χ3n) is 2.84. The van der Waals surface area contributed by atoms with Crippen LogP contribution in [0.25, 0.3) is 0 Å². The summed E-state index contributed by atoms with van der Waals surface area (Å²) < 4.78 is 1.54. The Kier molecular flexibility index (Phi) is 3.11. The molecule has 1 aliphatic rings. The quantitative estimate of drug-likeness (QED) is 0.720. The van der Waals surface area contributed by atoms with Gasteiger partial charge in [-0.2, -0.15) is 0 Å². The maximum Gasteiger partial charge on any atom is 0.199 e. The van der Waals surface area contributed by atoms with Crippen LogP contribution in [-0.4, -0.2) is 33.4 Å². The Morgan fingerprint density at radius 2 is 2.40 bits per heavy atom. The van der Waals surface area contributed by atoms with E-state index in [1.165, 1.54) is 17.3 Å². The minimum Gasteiger partial charge on any atom is -0.307 e. The van der Waals surface area contributed by atoms with Crippen LogP contribution in [-0.2, 0) is 7.05 Å². The summed E-state index contributed by atoms with van der Waals surface area (Å²) in [6.45, 7) is 0.932. The second-order valence-corrected chi connectivity index (χ2v) is 3.96. The first-order valence-corrected chi connectivity index (χ1v) is 5.41. The van der Waals surface area contributed by atoms with Gasteiger partial charge in [0.2, 0.25) is 0 Å². The minimum atomic E-state index is -0.0512. The Morgan fingerprint density at radius 3 is 3.13 bits per heavy atom. The van der Waals surface area contributed by atoms with Crippen molar-refractivity contribution in [1.29, 1.82) is 0 Å². The van der Waals surface area contributed by atoms with Crippen LogP contribution < -0.4 is 5.32 Å². The van der Waals surface area contributed by atoms with E-state index in [0.717, 1.165) is 25.8 Å². The number of rotatable bonds is 2. The van der Waals surface area contributed by atoms with Crippen molar-refractivity contribution >= 4 is 5.78 Å². The summed E-state index contributed by atoms with van der Waals surface area (Å²) in [6.07, 6.45) is 5.95. The molecule has 0 aliphatic carbocycles. The van der Waals surface area contributed by atoms with Gasteiger partial charge in [0.15, 0.2) is 5.78 Å². The molecule has 0 bridgehead atoms. The van der Waals surface area contributed by atoms with E-state index in [2.05, 4.69) is 15.6 Å². The van der Waals surface area contributed by atoms with Gasteiger partial charge in [0.05, 0.1) is 12.2 Å². The summed E-state index contributed by atoms with van der Waals surface area (Å²) in [7, 11) is 1.75. The third kappa shape index (κ3) is 2.23. The second-order valence-electron chi connectivity index (χ2n) is 3.96. The summed E-state index contributed by atoms with van der Waals surface area (Å²) in [5, 5.41) is 10.8. The number of nitrogens with one attached hydrogen (secondary N) is 1. The highest BCUT2D eigenvalue weighted by Crippen LogP contribution is 2.12. The summed E-state index contributed by atoms with van der Waals surface area (Å²) in [6, 6.07) is -0.0512. The molecule has 15 heavy (non-hydrogen) atoms. The van der Waals surface area contributed by atoms with E-state index in [9.17, 15) is 4.79 Å². The van der Waals surface area contributed by atoms with E-state index in [1.54, 1.807) is 7.05 Å². The van der Waals surface area contributed by atoms with Crippen molar-refractivity contribution in [3.05, 3.63) is 11.9 Å². The highest BCUT2D eigenvalue weighted by molar-refractivity contribution is 5.98. The molecule has 82 valence electrons. The van der Waals surface area contributed by atoms with Crippen molar-refractivity contribution in [3.63, 3.8) is 0 Å². The molecule has 0 amide bonds. The number of aromatic nitrogens is 3. The highest BCUT2D eigenvalue weighted by Gasteiger charge is 2.23. The molecule has 0 aromatic carbocycles. The lowest BCUT2D eigenvalue weighted by atomic mass is 10.0. The average molecular weight is 208 g/mol. The lowest BCUT2D eigenvalue weighted by Crippen LogP contribution is -2.36. The van der Waals surface area contributed by atoms with Crippen LogP contribution in [0.1, 0.15) is 36.2 Å². The Hall–Kier alpha value is -1.23. The fraction of sp³-hybridized carbons (Fsp3) is 0.700. The number of nitrogens with zero attached hydrogens (tertiary/aromatic N) is 3. The molecule has 0 saturated carbocycles. The maximum atomic E-state index is 12.1. The van der Waals surface area contributed by atoms with Crippen LogP contribution in [0.15, 0.2) is 6.20 Å². The van der Waals surface area contributed by atoms with Crippen LogP contribution in [0, 0.1) is 0 Å². The molecular weight excluding hydrogens is 192 g/mol. The largest absolute Gasteiger partial charge is 0.307 e. The fourth-order valence-electron chi connectivity index (χ4n) is 1.94. The molecular formula is C10H16N4O. The molecule has 5 nitrogen and oxygen atoms in total. The zero-order chi connectivity index (χ0) is 10.7. The molecule has 1 aromatic rings. The molecule has 2 heterocycles. The molecule has 1 fully saturated rings. The van der Waals surface area contributed by atoms with Crippen LogP contribution in [0.2, 0.25) is 0 Å². The van der Waals surface area contributed by atoms with Crippen LogP contribution in [0.5, 0.6) is 0 Å². The standard InChI is InChI=1S/C10H16N4O/c1-14-9(7-12-13-14)10(15)8-5-3-2-4-6-11-8/h7-8,11H,2-6H2,1H3. The SMILES string of the molecule is Cn1nncc1C(=O)C1CCCCCN1. The summed E-state index contributed by atoms with van der Waals surface area (Å²) in [5.74, 6) is 0.115. The fourth-order valence-corrected chi connectivity index (χ4v) is 1.94. The summed E-state index contributed by atoms with van der Waals surface area (Å²) in [5.41, 5.74) is 0.592. The van der Waals surface area contributed by atoms with Crippen molar-refractivity contribution in [3.8, 4) is 0 Å². The molecule has 0 radical (unpaired) electrons. The Balaban J connectivity index is 2.09. The predicted octanol–water partition coefficient (Wildman–Crippen LogP) is 0.530. The molecule has 1 N–H and O–H groups in total. The normalized spacial score (nSPS) is 22.3. The van der Waals surface area contributed by atoms with Gasteiger partial charge in [-0.05, 0) is 19.4 Å². The molecule has 1 aliphatic heterocycles. The maximum absolute atomic E-state index is 12.1. The van der Waals surface area contributed by atoms with Gasteiger partial charge < -0.3 is 5.32 Å². The van der Waals surface area contributed by atoms with E-state index in [1.807, 2.05) is 0 Å². The number of aryl methyl sites for hydroxylation is 1. The van der Waals surface area contributed by atoms with E-state index in [0.29, 0.717) is 5.69 Å². The first-order valence-electron chi connectivity index (χ1n) is 5.41. The van der Waals surface area contributed by atoms with Crippen molar-refractivity contribution in [2.45, 2.75) is 31.7 Å². The van der Waals surface area contributed by atoms with E-state index < -0.39 is 0 Å². The van der Waals surface area contributed by atoms with Gasteiger partial charge in [0, 0.05) is 7.05 Å². The highest BCUT2D eigenvalue weighted by atomic mass is 16.1. The predicted molar refractivity (Wildman–Crippen MR) is 55.6 cm³/mol. The zero-order valence-corrected chi connectivity index (χ0v) is 8.94. The zero-order valence-electron chi connectivity index (χ0n) is 8.94. The van der Waals surface area contributed by atoms with Gasteiger partial charge in [0.1, 0.15) is 5.69 Å². The van der Waals surface area contributed by atoms with E-state index in [-0.39, 0.29) is 11.8 Å². The van der Waals surface area contributed by atoms with Gasteiger partial charge in [-0.1, -0.05) is 18.1 Å². The number of carbonyl (C=O) groups excluding carboxylic acids is 1. The second kappa shape index (κ2) is 4.53. The van der Waals surface area contributed by atoms with Crippen molar-refractivity contribution in [1.82, 2.24) is 20.3 Å². The molecule has 1 aromatic heterocycles. The number of hydrogen-bond donors (Lipinski definition) is 1. The van der Waals surface area contributed by atoms with Gasteiger partial charge in [-0.25, -0.2) is 4.68 Å². The number of Topliss-reactive ketones (excluding diaryl/α,β-unsaturated/α-hetero) is 1. The van der Waals surface area contributed by atoms with Crippen LogP contribution >= 0.6 is 0 Å². The smallest absolute Gasteiger partial charge is 0.199 e. The lowest BCUT2D eigenvalue weighted by molar-refractivity contribution is 0.0931. The summed E-state index contributed by atoms with van der Waals surface area (Å²) >= 11 is 0. The summed E-state index contributed by atoms with van der Waals surface area (Å²) in [4.78, 5) is 12.1. The Morgan fingerprint density at radius 1 is 1.53 bits per heavy atom. The Bertz CT molecular complexity index is 339. The molecule has 5 heteroatoms. The number of hydrogen-bond acceptors (Lipinski definition) is 4. The van der Waals surface area contributed by atoms with E-state index >= 15 is 0 Å². The van der Waals surface area contributed by atoms with Gasteiger partial charge in [-0.15, -0.1) is 5.10 Å². The lowest BCUT2D eigenvalue weighted by Gasteiger charge is -2.13. The molecule has 1 atom stereocenters. The monoisotopic (exact) mass is 208 g/mol. The molecule has 0 spiro atoms. The number of carbonyl (C=O) groups is 1. The Labute approximate surface area is 88.9 Å². The van der Waals surface area contributed by atoms with Gasteiger partial charge in [0.25, 0.3) is 0 Å². The average Bonchev–Trinajstić information content (AvgIpc) is 2.53. The van der Waals surface area contributed by atoms with Gasteiger partial charge in [-0.3, -0.25) is 4.79 Å². The van der Waals surface area contributed by atoms with E-state index in [4.69, 9.17) is 0 Å². The third-order valence-corrected chi connectivity index (χ3v) is 2.84. The topological polar surface area (TPSA) is 59.8 Å². The van der Waals surface area contributed by atoms with Crippen LogP contribution in [0.4, 0.5) is 0 Å². The first kappa shape index (κ1) is 10.3. The number of ketones is 1. The van der Waals surface area contributed by atoms with Gasteiger partial charge >= 0.3 is 0 Å². The van der Waals surface area contributed by atoms with Crippen LogP contribution in [0.3, 0.4) is 0 Å². The molecule has 1 saturated heterocycles. The van der Waals surface area contributed by atoms with Crippen molar-refractivity contribution in [2.75, 3.05) is 6.54 Å². The first-order chi connectivity index (χ1) is 7.29. The minimum absolute atomic E-state index is 0.0512. The molecule has 1 unspecified atom stereocenters. The molecule has 2 rings (SSSR count). The van der Waals surface area contributed by atoms with Crippen molar-refractivity contribution < 1.29 is 4.79 Å².